The average molecular weight is 570 g/mol. The van der Waals surface area contributed by atoms with Gasteiger partial charge in [0.25, 0.3) is 0 Å². The number of carbonyl (C=O) groups excluding carboxylic acids is 1. The number of likely N-dealkylation sites (tertiary alicyclic amines) is 1. The highest BCUT2D eigenvalue weighted by molar-refractivity contribution is 7.99. The Balaban J connectivity index is 1.29. The van der Waals surface area contributed by atoms with Crippen LogP contribution >= 0.6 is 11.8 Å². The summed E-state index contributed by atoms with van der Waals surface area (Å²) in [6.07, 6.45) is -9.04. The predicted molar refractivity (Wildman–Crippen MR) is 155 cm³/mol. The monoisotopic (exact) mass is 569 g/mol. The first-order valence-corrected chi connectivity index (χ1v) is 13.6. The molecule has 1 aromatic carbocycles. The number of rotatable bonds is 8. The predicted octanol–water partition coefficient (Wildman–Crippen LogP) is 4.76. The first-order chi connectivity index (χ1) is 22.9. The molecule has 210 valence electrons. The van der Waals surface area contributed by atoms with Gasteiger partial charge >= 0.3 is 6.09 Å². The molecule has 2 fully saturated rings. The molecule has 10 heteroatoms. The number of alkyl carbamates (subject to hydrolysis) is 1. The molecule has 0 atom stereocenters. The molecule has 2 aliphatic rings. The molecule has 1 aliphatic heterocycles. The standard InChI is InChI=1S/C30H36N6O3S/c1-22-19-26(12-11-23(22)7-6-18-38-30(37)32-24-13-16-35(2)17-14-24)39-21-28-33-34-29(40-27-9-3-4-10-27)36(28)25-8-5-15-31-20-25/h5,8,11-12,15,19-20,24,27H,3-4,9-10,13-14,16-18,21H2,1-2H3,(H,32,37)/i3D2,4D2,9D2,10D2,27D. The maximum Gasteiger partial charge on any atom is 0.408 e. The Morgan fingerprint density at radius 2 is 2.08 bits per heavy atom. The molecule has 0 spiro atoms. The summed E-state index contributed by atoms with van der Waals surface area (Å²) in [5, 5.41) is 7.91. The van der Waals surface area contributed by atoms with E-state index >= 15 is 0 Å². The molecule has 1 aliphatic carbocycles. The van der Waals surface area contributed by atoms with E-state index in [9.17, 15) is 4.79 Å². The number of benzene rings is 1. The normalized spacial score (nSPS) is 25.5. The van der Waals surface area contributed by atoms with Gasteiger partial charge in [-0.2, -0.15) is 0 Å². The van der Waals surface area contributed by atoms with Crippen LogP contribution in [-0.4, -0.2) is 68.8 Å². The summed E-state index contributed by atoms with van der Waals surface area (Å²) in [5.74, 6) is 6.47. The first kappa shape index (κ1) is 18.7. The minimum Gasteiger partial charge on any atom is -0.486 e. The molecule has 5 rings (SSSR count). The molecule has 1 amide bonds. The second-order valence-electron chi connectivity index (χ2n) is 9.24. The fourth-order valence-corrected chi connectivity index (χ4v) is 4.93. The van der Waals surface area contributed by atoms with E-state index in [0.717, 1.165) is 31.5 Å². The van der Waals surface area contributed by atoms with Gasteiger partial charge in [0.15, 0.2) is 17.6 Å². The Hall–Kier alpha value is -3.55. The third kappa shape index (κ3) is 7.55. The summed E-state index contributed by atoms with van der Waals surface area (Å²) in [6.45, 7) is 3.44. The van der Waals surface area contributed by atoms with E-state index in [1.165, 1.54) is 17.0 Å². The Labute approximate surface area is 252 Å². The van der Waals surface area contributed by atoms with Crippen molar-refractivity contribution in [1.82, 2.24) is 30.0 Å². The number of hydrogen-bond donors (Lipinski definition) is 1. The molecule has 2 aromatic heterocycles. The first-order valence-electron chi connectivity index (χ1n) is 17.3. The lowest BCUT2D eigenvalue weighted by molar-refractivity contribution is 0.147. The van der Waals surface area contributed by atoms with E-state index in [4.69, 9.17) is 21.8 Å². The number of piperidine rings is 1. The smallest absolute Gasteiger partial charge is 0.408 e. The highest BCUT2D eigenvalue weighted by Gasteiger charge is 2.22. The summed E-state index contributed by atoms with van der Waals surface area (Å²) in [6, 6.07) is 8.54. The van der Waals surface area contributed by atoms with Crippen LogP contribution in [-0.2, 0) is 11.3 Å². The zero-order valence-corrected chi connectivity index (χ0v) is 23.0. The minimum atomic E-state index is -3.34. The largest absolute Gasteiger partial charge is 0.486 e. The maximum absolute atomic E-state index is 12.1. The van der Waals surface area contributed by atoms with Gasteiger partial charge in [0.05, 0.1) is 11.9 Å². The van der Waals surface area contributed by atoms with Gasteiger partial charge in [0.2, 0.25) is 0 Å². The number of ether oxygens (including phenoxy) is 2. The van der Waals surface area contributed by atoms with Crippen LogP contribution in [0.25, 0.3) is 5.69 Å². The molecule has 40 heavy (non-hydrogen) atoms. The number of nitrogens with zero attached hydrogens (tertiary/aromatic N) is 5. The minimum absolute atomic E-state index is 0.0711. The third-order valence-electron chi connectivity index (χ3n) is 6.32. The molecular weight excluding hydrogens is 524 g/mol. The number of thioether (sulfide) groups is 1. The summed E-state index contributed by atoms with van der Waals surface area (Å²) in [7, 11) is 2.05. The second kappa shape index (κ2) is 13.7. The number of aromatic nitrogens is 4. The van der Waals surface area contributed by atoms with E-state index in [1.54, 1.807) is 30.3 Å². The van der Waals surface area contributed by atoms with Crippen LogP contribution < -0.4 is 10.1 Å². The van der Waals surface area contributed by atoms with E-state index < -0.39 is 36.8 Å². The quantitative estimate of drug-likeness (QED) is 0.388. The number of amides is 1. The summed E-state index contributed by atoms with van der Waals surface area (Å²) in [5.41, 5.74) is 1.87. The van der Waals surface area contributed by atoms with Crippen molar-refractivity contribution in [1.29, 1.82) is 0 Å². The van der Waals surface area contributed by atoms with Crippen molar-refractivity contribution < 1.29 is 26.6 Å². The summed E-state index contributed by atoms with van der Waals surface area (Å²) >= 11 is 0.251. The van der Waals surface area contributed by atoms with Gasteiger partial charge in [-0.3, -0.25) is 9.55 Å². The molecule has 1 saturated heterocycles. The van der Waals surface area contributed by atoms with Crippen molar-refractivity contribution in [2.45, 2.75) is 68.3 Å². The molecule has 0 bridgehead atoms. The molecule has 0 radical (unpaired) electrons. The lowest BCUT2D eigenvalue weighted by atomic mass is 10.1. The van der Waals surface area contributed by atoms with Gasteiger partial charge in [-0.15, -0.1) is 10.2 Å². The maximum atomic E-state index is 12.1. The summed E-state index contributed by atoms with van der Waals surface area (Å²) in [4.78, 5) is 18.4. The Bertz CT molecular complexity index is 1720. The molecule has 3 heterocycles. The van der Waals surface area contributed by atoms with E-state index in [2.05, 4.69) is 37.2 Å². The second-order valence-corrected chi connectivity index (χ2v) is 10.2. The van der Waals surface area contributed by atoms with Gasteiger partial charge < -0.3 is 19.7 Å². The topological polar surface area (TPSA) is 94.4 Å². The van der Waals surface area contributed by atoms with Gasteiger partial charge in [0.1, 0.15) is 12.4 Å². The lowest BCUT2D eigenvalue weighted by Gasteiger charge is -2.28. The molecule has 0 unspecified atom stereocenters. The fourth-order valence-electron chi connectivity index (χ4n) is 4.16. The summed E-state index contributed by atoms with van der Waals surface area (Å²) < 4.78 is 87.7. The fraction of sp³-hybridized carbons (Fsp3) is 0.467. The van der Waals surface area contributed by atoms with Crippen LogP contribution in [0.15, 0.2) is 47.9 Å². The lowest BCUT2D eigenvalue weighted by Crippen LogP contribution is -2.43. The van der Waals surface area contributed by atoms with Gasteiger partial charge in [-0.1, -0.05) is 36.3 Å². The zero-order valence-electron chi connectivity index (χ0n) is 31.2. The number of nitrogens with one attached hydrogen (secondary N) is 1. The Morgan fingerprint density at radius 3 is 2.83 bits per heavy atom. The van der Waals surface area contributed by atoms with Crippen LogP contribution in [0.4, 0.5) is 4.79 Å². The Kier molecular flexibility index (Phi) is 6.41. The van der Waals surface area contributed by atoms with Crippen molar-refractivity contribution in [2.24, 2.45) is 0 Å². The molecule has 9 nitrogen and oxygen atoms in total. The van der Waals surface area contributed by atoms with E-state index in [0.29, 0.717) is 17.0 Å². The number of hydrogen-bond acceptors (Lipinski definition) is 8. The number of aryl methyl sites for hydroxylation is 1. The van der Waals surface area contributed by atoms with Crippen LogP contribution in [0.1, 0.15) is 67.6 Å². The van der Waals surface area contributed by atoms with Crippen molar-refractivity contribution >= 4 is 17.9 Å². The molecule has 1 N–H and O–H groups in total. The van der Waals surface area contributed by atoms with E-state index in [1.807, 2.05) is 14.0 Å². The number of carbonyl (C=O) groups is 1. The highest BCUT2D eigenvalue weighted by atomic mass is 32.2. The van der Waals surface area contributed by atoms with Crippen LogP contribution in [0.2, 0.25) is 0 Å². The van der Waals surface area contributed by atoms with E-state index in [-0.39, 0.29) is 42.0 Å². The highest BCUT2D eigenvalue weighted by Crippen LogP contribution is 2.35. The van der Waals surface area contributed by atoms with Crippen LogP contribution in [0.5, 0.6) is 5.75 Å². The Morgan fingerprint density at radius 1 is 1.25 bits per heavy atom. The SMILES string of the molecule is [2H]C1([2H])C([2H])([2H])C([2H])([2H])C([2H])(Sc2nnc(COc3ccc(C#CCOC(=O)NC4CCN(C)CC4)c(C)c3)n2-c2cccnc2)C1([2H])[2H]. The van der Waals surface area contributed by atoms with Crippen molar-refractivity contribution in [3.63, 3.8) is 0 Å². The zero-order chi connectivity index (χ0) is 35.8. The van der Waals surface area contributed by atoms with Crippen LogP contribution in [0.3, 0.4) is 0 Å². The van der Waals surface area contributed by atoms with Gasteiger partial charge in [-0.25, -0.2) is 4.79 Å². The molecule has 3 aromatic rings. The van der Waals surface area contributed by atoms with Crippen LogP contribution in [0, 0.1) is 18.8 Å². The third-order valence-corrected chi connectivity index (χ3v) is 7.17. The van der Waals surface area contributed by atoms with Gasteiger partial charge in [0, 0.05) is 35.4 Å². The van der Waals surface area contributed by atoms with Crippen molar-refractivity contribution in [2.75, 3.05) is 26.7 Å². The van der Waals surface area contributed by atoms with Gasteiger partial charge in [-0.05, 0) is 88.5 Å². The van der Waals surface area contributed by atoms with Crippen molar-refractivity contribution in [3.8, 4) is 23.3 Å². The number of pyridine rings is 1. The molecular formula is C30H36N6O3S. The molecule has 1 saturated carbocycles. The van der Waals surface area contributed by atoms with Crippen molar-refractivity contribution in [3.05, 3.63) is 59.7 Å². The average Bonchev–Trinajstić information content (AvgIpc) is 3.47.